The van der Waals surface area contributed by atoms with Crippen molar-refractivity contribution in [3.63, 3.8) is 0 Å². The van der Waals surface area contributed by atoms with Crippen LogP contribution in [0.15, 0.2) is 24.3 Å². The predicted molar refractivity (Wildman–Crippen MR) is 117 cm³/mol. The quantitative estimate of drug-likeness (QED) is 0.514. The third-order valence-corrected chi connectivity index (χ3v) is 5.99. The number of nitrogens with zero attached hydrogens (tertiary/aromatic N) is 1. The Kier molecular flexibility index (Phi) is 8.93. The summed E-state index contributed by atoms with van der Waals surface area (Å²) in [5.74, 6) is 0.744. The van der Waals surface area contributed by atoms with E-state index in [2.05, 4.69) is 10.0 Å². The molecule has 2 rings (SSSR count). The highest BCUT2D eigenvalue weighted by Crippen LogP contribution is 2.25. The van der Waals surface area contributed by atoms with Crippen molar-refractivity contribution in [3.8, 4) is 5.75 Å². The lowest BCUT2D eigenvalue weighted by molar-refractivity contribution is 0.0680. The Morgan fingerprint density at radius 3 is 2.70 bits per heavy atom. The number of carbonyl (C=O) groups is 1. The number of urea groups is 1. The summed E-state index contributed by atoms with van der Waals surface area (Å²) in [6.45, 7) is 6.31. The Morgan fingerprint density at radius 1 is 1.33 bits per heavy atom. The number of carbonyl (C=O) groups excluding carboxylic acids is 1. The molecule has 0 saturated heterocycles. The molecule has 0 spiro atoms. The summed E-state index contributed by atoms with van der Waals surface area (Å²) in [5.41, 5.74) is 1.07. The van der Waals surface area contributed by atoms with E-state index in [9.17, 15) is 18.3 Å². The van der Waals surface area contributed by atoms with Gasteiger partial charge in [-0.25, -0.2) is 17.9 Å². The number of aryl methyl sites for hydroxylation is 1. The van der Waals surface area contributed by atoms with E-state index in [1.54, 1.807) is 4.90 Å². The van der Waals surface area contributed by atoms with Gasteiger partial charge in [-0.1, -0.05) is 18.6 Å². The third-order valence-electron chi connectivity index (χ3n) is 5.30. The van der Waals surface area contributed by atoms with E-state index in [4.69, 9.17) is 4.74 Å². The zero-order valence-electron chi connectivity index (χ0n) is 18.3. The molecule has 0 aromatic heterocycles. The lowest BCUT2D eigenvalue weighted by atomic mass is 10.0. The van der Waals surface area contributed by atoms with Crippen LogP contribution < -0.4 is 14.8 Å². The van der Waals surface area contributed by atoms with Crippen LogP contribution in [0.2, 0.25) is 0 Å². The van der Waals surface area contributed by atoms with Crippen LogP contribution in [0.25, 0.3) is 0 Å². The number of sulfonamides is 1. The van der Waals surface area contributed by atoms with Crippen LogP contribution in [-0.4, -0.2) is 68.6 Å². The van der Waals surface area contributed by atoms with E-state index in [0.717, 1.165) is 31.1 Å². The Morgan fingerprint density at radius 2 is 2.07 bits per heavy atom. The van der Waals surface area contributed by atoms with E-state index < -0.39 is 16.1 Å². The van der Waals surface area contributed by atoms with Crippen molar-refractivity contribution in [3.05, 3.63) is 29.8 Å². The molecule has 0 heterocycles. The van der Waals surface area contributed by atoms with Crippen molar-refractivity contribution in [1.29, 1.82) is 0 Å². The van der Waals surface area contributed by atoms with Gasteiger partial charge in [0.05, 0.1) is 12.8 Å². The maximum atomic E-state index is 12.9. The second kappa shape index (κ2) is 11.0. The molecule has 1 aromatic carbocycles. The van der Waals surface area contributed by atoms with Gasteiger partial charge in [-0.2, -0.15) is 0 Å². The molecule has 170 valence electrons. The van der Waals surface area contributed by atoms with Gasteiger partial charge in [-0.05, 0) is 57.2 Å². The summed E-state index contributed by atoms with van der Waals surface area (Å²) in [5, 5.41) is 13.4. The number of hydrogen-bond donors (Lipinski definition) is 3. The van der Waals surface area contributed by atoms with Crippen molar-refractivity contribution in [1.82, 2.24) is 14.9 Å². The maximum Gasteiger partial charge on any atom is 0.317 e. The fraction of sp³-hybridized carbons (Fsp3) is 0.667. The summed E-state index contributed by atoms with van der Waals surface area (Å²) in [7, 11) is -3.26. The molecule has 9 heteroatoms. The van der Waals surface area contributed by atoms with Crippen molar-refractivity contribution in [2.45, 2.75) is 58.2 Å². The van der Waals surface area contributed by atoms with Gasteiger partial charge in [-0.3, -0.25) is 0 Å². The van der Waals surface area contributed by atoms with Crippen LogP contribution in [-0.2, 0) is 10.0 Å². The summed E-state index contributed by atoms with van der Waals surface area (Å²) in [6.07, 6.45) is 2.92. The highest BCUT2D eigenvalue weighted by Gasteiger charge is 2.31. The van der Waals surface area contributed by atoms with Crippen molar-refractivity contribution < 1.29 is 23.1 Å². The lowest BCUT2D eigenvalue weighted by Gasteiger charge is -2.31. The first-order valence-electron chi connectivity index (χ1n) is 10.4. The molecule has 1 fully saturated rings. The number of aliphatic hydroxyl groups excluding tert-OH is 1. The monoisotopic (exact) mass is 441 g/mol. The summed E-state index contributed by atoms with van der Waals surface area (Å²) in [4.78, 5) is 14.5. The Bertz CT molecular complexity index is 800. The maximum absolute atomic E-state index is 12.9. The predicted octanol–water partition coefficient (Wildman–Crippen LogP) is 1.87. The molecular formula is C21H35N3O5S. The van der Waals surface area contributed by atoms with Gasteiger partial charge in [0, 0.05) is 18.6 Å². The van der Waals surface area contributed by atoms with Crippen molar-refractivity contribution >= 4 is 16.1 Å². The first kappa shape index (κ1) is 24.4. The minimum absolute atomic E-state index is 0.0623. The number of amides is 2. The zero-order valence-corrected chi connectivity index (χ0v) is 19.1. The Balaban J connectivity index is 1.88. The molecule has 1 aliphatic carbocycles. The zero-order chi connectivity index (χ0) is 22.3. The second-order valence-corrected chi connectivity index (χ2v) is 10.2. The molecular weight excluding hydrogens is 406 g/mol. The number of rotatable bonds is 10. The van der Waals surface area contributed by atoms with Crippen LogP contribution in [0.3, 0.4) is 0 Å². The van der Waals surface area contributed by atoms with Gasteiger partial charge < -0.3 is 20.1 Å². The number of ether oxygens (including phenoxy) is 1. The molecule has 1 saturated carbocycles. The van der Waals surface area contributed by atoms with Crippen LogP contribution >= 0.6 is 0 Å². The average Bonchev–Trinajstić information content (AvgIpc) is 3.09. The van der Waals surface area contributed by atoms with E-state index in [-0.39, 0.29) is 37.2 Å². The highest BCUT2D eigenvalue weighted by atomic mass is 32.2. The molecule has 8 nitrogen and oxygen atoms in total. The van der Waals surface area contributed by atoms with Crippen molar-refractivity contribution in [2.24, 2.45) is 5.92 Å². The van der Waals surface area contributed by atoms with Gasteiger partial charge in [0.15, 0.2) is 0 Å². The second-order valence-electron chi connectivity index (χ2n) is 8.40. The lowest BCUT2D eigenvalue weighted by Crippen LogP contribution is -2.52. The highest BCUT2D eigenvalue weighted by molar-refractivity contribution is 7.88. The molecule has 3 unspecified atom stereocenters. The SMILES string of the molecule is Cc1cccc(OCC(O)CN(C(=O)NC2CCCC2CNS(C)(=O)=O)C(C)C)c1. The van der Waals surface area contributed by atoms with E-state index >= 15 is 0 Å². The van der Waals surface area contributed by atoms with Gasteiger partial charge in [-0.15, -0.1) is 0 Å². The molecule has 0 aliphatic heterocycles. The van der Waals surface area contributed by atoms with Crippen molar-refractivity contribution in [2.75, 3.05) is 26.0 Å². The summed E-state index contributed by atoms with van der Waals surface area (Å²) in [6, 6.07) is 7.14. The van der Waals surface area contributed by atoms with E-state index in [1.807, 2.05) is 45.0 Å². The smallest absolute Gasteiger partial charge is 0.317 e. The van der Waals surface area contributed by atoms with Gasteiger partial charge in [0.2, 0.25) is 10.0 Å². The molecule has 3 atom stereocenters. The van der Waals surface area contributed by atoms with Gasteiger partial charge in [0.25, 0.3) is 0 Å². The Hall–Kier alpha value is -1.84. The van der Waals surface area contributed by atoms with Crippen LogP contribution in [0.4, 0.5) is 4.79 Å². The standard InChI is InChI=1S/C21H35N3O5S/c1-15(2)24(13-18(25)14-29-19-9-5-7-16(3)11-19)21(26)23-20-10-6-8-17(20)12-22-30(4,27)28/h5,7,9,11,15,17-18,20,22,25H,6,8,10,12-14H2,1-4H3,(H,23,26). The van der Waals surface area contributed by atoms with E-state index in [1.165, 1.54) is 0 Å². The van der Waals surface area contributed by atoms with Gasteiger partial charge >= 0.3 is 6.03 Å². The minimum atomic E-state index is -3.26. The molecule has 1 aliphatic rings. The topological polar surface area (TPSA) is 108 Å². The molecule has 0 bridgehead atoms. The van der Waals surface area contributed by atoms with Crippen LogP contribution in [0.5, 0.6) is 5.75 Å². The normalized spacial score (nSPS) is 20.2. The van der Waals surface area contributed by atoms with E-state index in [0.29, 0.717) is 12.3 Å². The number of nitrogens with one attached hydrogen (secondary N) is 2. The summed E-state index contributed by atoms with van der Waals surface area (Å²) >= 11 is 0. The molecule has 0 radical (unpaired) electrons. The van der Waals surface area contributed by atoms with Crippen LogP contribution in [0, 0.1) is 12.8 Å². The molecule has 30 heavy (non-hydrogen) atoms. The van der Waals surface area contributed by atoms with Crippen LogP contribution in [0.1, 0.15) is 38.7 Å². The molecule has 2 amide bonds. The number of hydrogen-bond acceptors (Lipinski definition) is 5. The minimum Gasteiger partial charge on any atom is -0.491 e. The first-order chi connectivity index (χ1) is 14.0. The fourth-order valence-electron chi connectivity index (χ4n) is 3.68. The third kappa shape index (κ3) is 8.12. The summed E-state index contributed by atoms with van der Waals surface area (Å²) < 4.78 is 30.9. The average molecular weight is 442 g/mol. The first-order valence-corrected chi connectivity index (χ1v) is 12.3. The van der Waals surface area contributed by atoms with Gasteiger partial charge in [0.1, 0.15) is 18.5 Å². The number of benzene rings is 1. The molecule has 1 aromatic rings. The largest absolute Gasteiger partial charge is 0.491 e. The molecule has 3 N–H and O–H groups in total. The fourth-order valence-corrected chi connectivity index (χ4v) is 4.19. The Labute approximate surface area is 180 Å². The number of aliphatic hydroxyl groups is 1.